The molecule has 29 heavy (non-hydrogen) atoms. The van der Waals surface area contributed by atoms with Crippen molar-refractivity contribution in [2.45, 2.75) is 51.1 Å². The van der Waals surface area contributed by atoms with Crippen LogP contribution in [0, 0.1) is 5.82 Å². The van der Waals surface area contributed by atoms with Crippen LogP contribution < -0.4 is 11.0 Å². The Morgan fingerprint density at radius 3 is 2.66 bits per heavy atom. The number of rotatable bonds is 5. The summed E-state index contributed by atoms with van der Waals surface area (Å²) in [7, 11) is 5.83. The molecule has 4 atom stereocenters. The maximum Gasteiger partial charge on any atom is 0.413 e. The summed E-state index contributed by atoms with van der Waals surface area (Å²) in [5, 5.41) is 2.16. The zero-order valence-electron chi connectivity index (χ0n) is 17.5. The second kappa shape index (κ2) is 7.63. The molecule has 2 aliphatic heterocycles. The van der Waals surface area contributed by atoms with Gasteiger partial charge in [-0.1, -0.05) is 0 Å². The van der Waals surface area contributed by atoms with Crippen LogP contribution in [0.5, 0.6) is 0 Å². The zero-order valence-corrected chi connectivity index (χ0v) is 17.5. The molecule has 2 saturated heterocycles. The SMILES string of the molecule is C[C@H]1O[C@@H](n2cc(F)c(NC(=O)OCC[N+](C)(C)C)nc2=O)C2OC(C)(C)OC21. The number of likely N-dealkylation sites (N-methyl/N-ethyl adjacent to an activating group) is 1. The molecule has 0 aliphatic carbocycles. The van der Waals surface area contributed by atoms with Crippen molar-refractivity contribution >= 4 is 11.9 Å². The summed E-state index contributed by atoms with van der Waals surface area (Å²) >= 11 is 0. The van der Waals surface area contributed by atoms with Gasteiger partial charge in [0.25, 0.3) is 0 Å². The normalized spacial score (nSPS) is 28.2. The fraction of sp³-hybridized carbons (Fsp3) is 0.722. The van der Waals surface area contributed by atoms with Gasteiger partial charge in [-0.3, -0.25) is 9.88 Å². The Morgan fingerprint density at radius 2 is 2.00 bits per heavy atom. The average Bonchev–Trinajstić information content (AvgIpc) is 3.03. The number of hydrogen-bond acceptors (Lipinski definition) is 7. The summed E-state index contributed by atoms with van der Waals surface area (Å²) in [4.78, 5) is 28.0. The molecule has 2 fully saturated rings. The van der Waals surface area contributed by atoms with Gasteiger partial charge >= 0.3 is 11.8 Å². The van der Waals surface area contributed by atoms with Crippen molar-refractivity contribution in [2.75, 3.05) is 39.6 Å². The topological polar surface area (TPSA) is 101 Å². The zero-order chi connectivity index (χ0) is 21.6. The molecular weight excluding hydrogens is 387 g/mol. The van der Waals surface area contributed by atoms with Gasteiger partial charge in [0, 0.05) is 0 Å². The fourth-order valence-corrected chi connectivity index (χ4v) is 3.26. The van der Waals surface area contributed by atoms with Gasteiger partial charge in [0.2, 0.25) is 0 Å². The van der Waals surface area contributed by atoms with Crippen LogP contribution >= 0.6 is 0 Å². The first-order valence-electron chi connectivity index (χ1n) is 9.40. The molecule has 0 spiro atoms. The minimum Gasteiger partial charge on any atom is -0.443 e. The molecule has 0 saturated carbocycles. The lowest BCUT2D eigenvalue weighted by Crippen LogP contribution is -2.38. The highest BCUT2D eigenvalue weighted by Gasteiger charge is 2.54. The lowest BCUT2D eigenvalue weighted by atomic mass is 10.1. The van der Waals surface area contributed by atoms with Crippen molar-refractivity contribution in [3.05, 3.63) is 22.5 Å². The molecule has 0 aromatic carbocycles. The third kappa shape index (κ3) is 4.92. The fourth-order valence-electron chi connectivity index (χ4n) is 3.26. The van der Waals surface area contributed by atoms with E-state index in [2.05, 4.69) is 10.3 Å². The highest BCUT2D eigenvalue weighted by molar-refractivity contribution is 5.83. The number of nitrogens with one attached hydrogen (secondary N) is 1. The quantitative estimate of drug-likeness (QED) is 0.718. The maximum atomic E-state index is 14.5. The van der Waals surface area contributed by atoms with Crippen LogP contribution in [0.4, 0.5) is 15.0 Å². The molecule has 1 amide bonds. The lowest BCUT2D eigenvalue weighted by molar-refractivity contribution is -0.870. The number of fused-ring (bicyclic) bond motifs is 1. The van der Waals surface area contributed by atoms with Crippen LogP contribution in [-0.2, 0) is 18.9 Å². The van der Waals surface area contributed by atoms with E-state index < -0.39 is 41.5 Å². The van der Waals surface area contributed by atoms with Crippen LogP contribution in [0.2, 0.25) is 0 Å². The van der Waals surface area contributed by atoms with Crippen molar-refractivity contribution in [1.29, 1.82) is 0 Å². The van der Waals surface area contributed by atoms with E-state index in [1.54, 1.807) is 20.8 Å². The minimum atomic E-state index is -0.897. The molecule has 1 N–H and O–H groups in total. The lowest BCUT2D eigenvalue weighted by Gasteiger charge is -2.24. The van der Waals surface area contributed by atoms with Crippen molar-refractivity contribution < 1.29 is 32.6 Å². The smallest absolute Gasteiger partial charge is 0.413 e. The van der Waals surface area contributed by atoms with Crippen LogP contribution in [0.25, 0.3) is 0 Å². The molecule has 1 aromatic heterocycles. The van der Waals surface area contributed by atoms with Crippen molar-refractivity contribution in [1.82, 2.24) is 9.55 Å². The van der Waals surface area contributed by atoms with Gasteiger partial charge in [0.05, 0.1) is 33.4 Å². The molecule has 0 radical (unpaired) electrons. The molecule has 0 bridgehead atoms. The Kier molecular flexibility index (Phi) is 5.69. The van der Waals surface area contributed by atoms with E-state index in [0.29, 0.717) is 11.0 Å². The Balaban J connectivity index is 1.72. The number of carbonyl (C=O) groups is 1. The van der Waals surface area contributed by atoms with Crippen LogP contribution in [-0.4, -0.2) is 78.5 Å². The van der Waals surface area contributed by atoms with E-state index in [1.165, 1.54) is 0 Å². The molecule has 3 heterocycles. The standard InChI is InChI=1S/C18H27FN4O6/c1-10-12-13(29-18(2,3)28-12)15(27-10)22-9-11(19)14(20-16(22)24)21-17(25)26-8-7-23(4,5)6/h9-10,12-13,15H,7-8H2,1-6H3/p+1/t10-,12?,13?,15-/m1/s1. The molecule has 3 rings (SSSR count). The first-order chi connectivity index (χ1) is 13.4. The van der Waals surface area contributed by atoms with Gasteiger partial charge in [-0.25, -0.2) is 14.0 Å². The number of anilines is 1. The largest absolute Gasteiger partial charge is 0.443 e. The number of ether oxygens (including phenoxy) is 4. The minimum absolute atomic E-state index is 0.137. The van der Waals surface area contributed by atoms with Crippen LogP contribution in [0.3, 0.4) is 0 Å². The van der Waals surface area contributed by atoms with E-state index in [4.69, 9.17) is 18.9 Å². The molecule has 2 unspecified atom stereocenters. The highest BCUT2D eigenvalue weighted by atomic mass is 19.1. The highest BCUT2D eigenvalue weighted by Crippen LogP contribution is 2.42. The van der Waals surface area contributed by atoms with Crippen LogP contribution in [0.1, 0.15) is 27.0 Å². The Labute approximate surface area is 168 Å². The number of nitrogens with zero attached hydrogens (tertiary/aromatic N) is 3. The molecule has 162 valence electrons. The first kappa shape index (κ1) is 21.6. The molecule has 1 aromatic rings. The second-order valence-electron chi connectivity index (χ2n) is 8.70. The summed E-state index contributed by atoms with van der Waals surface area (Å²) in [6, 6.07) is 0. The van der Waals surface area contributed by atoms with Gasteiger partial charge in [0.15, 0.2) is 23.7 Å². The van der Waals surface area contributed by atoms with Gasteiger partial charge < -0.3 is 23.4 Å². The third-order valence-corrected chi connectivity index (χ3v) is 4.66. The van der Waals surface area contributed by atoms with E-state index in [-0.39, 0.29) is 18.8 Å². The Bertz CT molecular complexity index is 837. The van der Waals surface area contributed by atoms with Crippen molar-refractivity contribution in [3.63, 3.8) is 0 Å². The summed E-state index contributed by atoms with van der Waals surface area (Å²) < 4.78 is 38.5. The molecule has 10 nitrogen and oxygen atoms in total. The van der Waals surface area contributed by atoms with Crippen LogP contribution in [0.15, 0.2) is 11.0 Å². The predicted octanol–water partition coefficient (Wildman–Crippen LogP) is 1.07. The first-order valence-corrected chi connectivity index (χ1v) is 9.40. The van der Waals surface area contributed by atoms with E-state index in [9.17, 15) is 14.0 Å². The summed E-state index contributed by atoms with van der Waals surface area (Å²) in [5.74, 6) is -2.24. The van der Waals surface area contributed by atoms with Gasteiger partial charge in [-0.05, 0) is 20.8 Å². The maximum absolute atomic E-state index is 14.5. The number of carbonyl (C=O) groups excluding carboxylic acids is 1. The molecule has 11 heteroatoms. The third-order valence-electron chi connectivity index (χ3n) is 4.66. The Hall–Kier alpha value is -2.08. The summed E-state index contributed by atoms with van der Waals surface area (Å²) in [6.45, 7) is 6.02. The van der Waals surface area contributed by atoms with E-state index in [1.807, 2.05) is 21.1 Å². The summed E-state index contributed by atoms with van der Waals surface area (Å²) in [6.07, 6.45) is -2.17. The number of amides is 1. The number of aromatic nitrogens is 2. The predicted molar refractivity (Wildman–Crippen MR) is 99.7 cm³/mol. The number of halogens is 1. The van der Waals surface area contributed by atoms with Gasteiger partial charge in [-0.15, -0.1) is 0 Å². The van der Waals surface area contributed by atoms with Gasteiger partial charge in [0.1, 0.15) is 25.4 Å². The van der Waals surface area contributed by atoms with Crippen molar-refractivity contribution in [2.24, 2.45) is 0 Å². The Morgan fingerprint density at radius 1 is 1.34 bits per heavy atom. The number of quaternary nitrogens is 1. The van der Waals surface area contributed by atoms with Gasteiger partial charge in [-0.2, -0.15) is 4.98 Å². The monoisotopic (exact) mass is 415 g/mol. The van der Waals surface area contributed by atoms with E-state index >= 15 is 0 Å². The second-order valence-corrected chi connectivity index (χ2v) is 8.70. The average molecular weight is 415 g/mol. The van der Waals surface area contributed by atoms with Crippen molar-refractivity contribution in [3.8, 4) is 0 Å². The number of hydrogen-bond donors (Lipinski definition) is 1. The molecule has 2 aliphatic rings. The van der Waals surface area contributed by atoms with E-state index in [0.717, 1.165) is 10.8 Å². The summed E-state index contributed by atoms with van der Waals surface area (Å²) in [5.41, 5.74) is -0.792. The molecular formula is C18H28FN4O6+.